The molecule has 1 aliphatic rings. The van der Waals surface area contributed by atoms with Gasteiger partial charge < -0.3 is 5.32 Å². The van der Waals surface area contributed by atoms with Crippen LogP contribution in [0.15, 0.2) is 29.2 Å². The number of anilines is 1. The second-order valence-electron chi connectivity index (χ2n) is 6.16. The minimum absolute atomic E-state index is 0.161. The van der Waals surface area contributed by atoms with Crippen molar-refractivity contribution >= 4 is 15.7 Å². The molecule has 0 heterocycles. The van der Waals surface area contributed by atoms with Gasteiger partial charge in [-0.2, -0.15) is 0 Å². The molecule has 1 aromatic carbocycles. The molecule has 0 amide bonds. The minimum Gasteiger partial charge on any atom is -0.382 e. The zero-order chi connectivity index (χ0) is 14.1. The highest BCUT2D eigenvalue weighted by atomic mass is 32.2. The molecule has 0 spiro atoms. The lowest BCUT2D eigenvalue weighted by Gasteiger charge is -2.35. The highest BCUT2D eigenvalue weighted by molar-refractivity contribution is 7.89. The maximum Gasteiger partial charge on any atom is 0.238 e. The summed E-state index contributed by atoms with van der Waals surface area (Å²) >= 11 is 0. The number of benzene rings is 1. The fourth-order valence-electron chi connectivity index (χ4n) is 2.54. The molecule has 0 bridgehead atoms. The highest BCUT2D eigenvalue weighted by Crippen LogP contribution is 2.36. The first-order valence-electron chi connectivity index (χ1n) is 6.66. The Morgan fingerprint density at radius 1 is 1.26 bits per heavy atom. The van der Waals surface area contributed by atoms with Crippen LogP contribution in [0.4, 0.5) is 5.69 Å². The molecule has 1 fully saturated rings. The topological polar surface area (TPSA) is 72.2 Å². The third-order valence-corrected chi connectivity index (χ3v) is 4.78. The van der Waals surface area contributed by atoms with Crippen LogP contribution in [0.1, 0.15) is 39.5 Å². The van der Waals surface area contributed by atoms with Gasteiger partial charge in [0.1, 0.15) is 0 Å². The van der Waals surface area contributed by atoms with Gasteiger partial charge in [0.05, 0.1) is 4.90 Å². The van der Waals surface area contributed by atoms with Crippen molar-refractivity contribution < 1.29 is 8.42 Å². The molecule has 0 unspecified atom stereocenters. The Balaban J connectivity index is 2.05. The summed E-state index contributed by atoms with van der Waals surface area (Å²) < 4.78 is 22.6. The van der Waals surface area contributed by atoms with E-state index in [9.17, 15) is 8.42 Å². The second kappa shape index (κ2) is 5.13. The zero-order valence-corrected chi connectivity index (χ0v) is 12.3. The van der Waals surface area contributed by atoms with E-state index < -0.39 is 10.0 Å². The fourth-order valence-corrected chi connectivity index (χ4v) is 3.10. The monoisotopic (exact) mass is 282 g/mol. The van der Waals surface area contributed by atoms with Crippen LogP contribution < -0.4 is 10.5 Å². The molecule has 5 heteroatoms. The molecule has 3 N–H and O–H groups in total. The predicted molar refractivity (Wildman–Crippen MR) is 77.5 cm³/mol. The van der Waals surface area contributed by atoms with Crippen molar-refractivity contribution in [1.29, 1.82) is 0 Å². The number of rotatable bonds is 3. The Morgan fingerprint density at radius 2 is 1.89 bits per heavy atom. The van der Waals surface area contributed by atoms with Crippen LogP contribution in [-0.4, -0.2) is 14.5 Å². The normalized spacial score (nSPS) is 20.2. The van der Waals surface area contributed by atoms with E-state index in [1.54, 1.807) is 12.1 Å². The lowest BCUT2D eigenvalue weighted by Crippen LogP contribution is -2.29. The maximum absolute atomic E-state index is 11.3. The summed E-state index contributed by atoms with van der Waals surface area (Å²) in [6.45, 7) is 4.59. The van der Waals surface area contributed by atoms with Gasteiger partial charge >= 0.3 is 0 Å². The molecule has 0 aliphatic heterocycles. The fraction of sp³-hybridized carbons (Fsp3) is 0.571. The van der Waals surface area contributed by atoms with Gasteiger partial charge in [0.2, 0.25) is 10.0 Å². The van der Waals surface area contributed by atoms with Gasteiger partial charge in [-0.1, -0.05) is 19.9 Å². The van der Waals surface area contributed by atoms with Crippen molar-refractivity contribution in [2.75, 3.05) is 5.32 Å². The summed E-state index contributed by atoms with van der Waals surface area (Å²) in [5, 5.41) is 8.55. The van der Waals surface area contributed by atoms with Crippen LogP contribution in [0.25, 0.3) is 0 Å². The number of hydrogen-bond donors (Lipinski definition) is 2. The number of hydrogen-bond acceptors (Lipinski definition) is 3. The SMILES string of the molecule is CC1(C)CCC(Nc2cccc(S(N)(=O)=O)c2)CC1. The number of nitrogens with two attached hydrogens (primary N) is 1. The Bertz CT molecular complexity index is 542. The average molecular weight is 282 g/mol. The molecular formula is C14H22N2O2S. The van der Waals surface area contributed by atoms with Crippen LogP contribution in [0, 0.1) is 5.41 Å². The van der Waals surface area contributed by atoms with Crippen LogP contribution in [0.2, 0.25) is 0 Å². The van der Waals surface area contributed by atoms with E-state index in [0.717, 1.165) is 18.5 Å². The van der Waals surface area contributed by atoms with Crippen molar-refractivity contribution in [3.63, 3.8) is 0 Å². The summed E-state index contributed by atoms with van der Waals surface area (Å²) in [7, 11) is -3.62. The van der Waals surface area contributed by atoms with Gasteiger partial charge in [-0.25, -0.2) is 13.6 Å². The first-order chi connectivity index (χ1) is 8.76. The van der Waals surface area contributed by atoms with Gasteiger partial charge in [-0.05, 0) is 49.3 Å². The van der Waals surface area contributed by atoms with Crippen LogP contribution in [0.5, 0.6) is 0 Å². The van der Waals surface area contributed by atoms with Crippen molar-refractivity contribution in [2.24, 2.45) is 10.6 Å². The molecule has 0 aromatic heterocycles. The number of primary sulfonamides is 1. The predicted octanol–water partition coefficient (Wildman–Crippen LogP) is 2.71. The quantitative estimate of drug-likeness (QED) is 0.895. The lowest BCUT2D eigenvalue weighted by molar-refractivity contribution is 0.232. The second-order valence-corrected chi connectivity index (χ2v) is 7.72. The molecule has 4 nitrogen and oxygen atoms in total. The summed E-state index contributed by atoms with van der Waals surface area (Å²) in [6.07, 6.45) is 4.62. The largest absolute Gasteiger partial charge is 0.382 e. The number of sulfonamides is 1. The van der Waals surface area contributed by atoms with E-state index in [0.29, 0.717) is 11.5 Å². The maximum atomic E-state index is 11.3. The van der Waals surface area contributed by atoms with Crippen molar-refractivity contribution in [3.05, 3.63) is 24.3 Å². The zero-order valence-electron chi connectivity index (χ0n) is 11.5. The van der Waals surface area contributed by atoms with Gasteiger partial charge in [0.25, 0.3) is 0 Å². The van der Waals surface area contributed by atoms with Crippen molar-refractivity contribution in [2.45, 2.75) is 50.5 Å². The van der Waals surface area contributed by atoms with Gasteiger partial charge in [-0.15, -0.1) is 0 Å². The van der Waals surface area contributed by atoms with E-state index in [1.165, 1.54) is 18.9 Å². The molecule has 1 aromatic rings. The van der Waals surface area contributed by atoms with Crippen LogP contribution in [0.3, 0.4) is 0 Å². The molecule has 19 heavy (non-hydrogen) atoms. The van der Waals surface area contributed by atoms with Crippen molar-refractivity contribution in [1.82, 2.24) is 0 Å². The smallest absolute Gasteiger partial charge is 0.238 e. The number of nitrogens with one attached hydrogen (secondary N) is 1. The molecule has 106 valence electrons. The summed E-state index contributed by atoms with van der Waals surface area (Å²) in [6, 6.07) is 7.15. The lowest BCUT2D eigenvalue weighted by atomic mass is 9.75. The molecular weight excluding hydrogens is 260 g/mol. The van der Waals surface area contributed by atoms with Crippen molar-refractivity contribution in [3.8, 4) is 0 Å². The van der Waals surface area contributed by atoms with E-state index in [2.05, 4.69) is 19.2 Å². The first kappa shape index (κ1) is 14.3. The molecule has 0 saturated heterocycles. The minimum atomic E-state index is -3.62. The van der Waals surface area contributed by atoms with E-state index in [-0.39, 0.29) is 4.90 Å². The Morgan fingerprint density at radius 3 is 2.47 bits per heavy atom. The summed E-state index contributed by atoms with van der Waals surface area (Å²) in [5.74, 6) is 0. The first-order valence-corrected chi connectivity index (χ1v) is 8.20. The Labute approximate surface area is 115 Å². The average Bonchev–Trinajstić information content (AvgIpc) is 2.31. The summed E-state index contributed by atoms with van der Waals surface area (Å²) in [4.78, 5) is 0.161. The van der Waals surface area contributed by atoms with E-state index >= 15 is 0 Å². The Kier molecular flexibility index (Phi) is 3.87. The molecule has 0 atom stereocenters. The summed E-state index contributed by atoms with van der Waals surface area (Å²) in [5.41, 5.74) is 1.26. The van der Waals surface area contributed by atoms with E-state index in [1.807, 2.05) is 6.07 Å². The Hall–Kier alpha value is -1.07. The van der Waals surface area contributed by atoms with E-state index in [4.69, 9.17) is 5.14 Å². The highest BCUT2D eigenvalue weighted by Gasteiger charge is 2.26. The molecule has 0 radical (unpaired) electrons. The molecule has 2 rings (SSSR count). The van der Waals surface area contributed by atoms with Gasteiger partial charge in [-0.3, -0.25) is 0 Å². The van der Waals surface area contributed by atoms with Gasteiger partial charge in [0, 0.05) is 11.7 Å². The van der Waals surface area contributed by atoms with Crippen LogP contribution >= 0.6 is 0 Å². The third kappa shape index (κ3) is 3.94. The van der Waals surface area contributed by atoms with Crippen LogP contribution in [-0.2, 0) is 10.0 Å². The molecule has 1 saturated carbocycles. The third-order valence-electron chi connectivity index (χ3n) is 3.87. The van der Waals surface area contributed by atoms with Gasteiger partial charge in [0.15, 0.2) is 0 Å². The standard InChI is InChI=1S/C14H22N2O2S/c1-14(2)8-6-11(7-9-14)16-12-4-3-5-13(10-12)19(15,17)18/h3-5,10-11,16H,6-9H2,1-2H3,(H2,15,17,18). The molecule has 1 aliphatic carbocycles.